The second-order valence-corrected chi connectivity index (χ2v) is 11.4. The molecule has 11 heteroatoms. The van der Waals surface area contributed by atoms with E-state index in [9.17, 15) is 14.4 Å². The Hall–Kier alpha value is -3.41. The summed E-state index contributed by atoms with van der Waals surface area (Å²) < 4.78 is 7.44. The summed E-state index contributed by atoms with van der Waals surface area (Å²) in [4.78, 5) is 39.5. The van der Waals surface area contributed by atoms with Crippen LogP contribution in [0.25, 0.3) is 11.3 Å². The molecule has 3 aromatic rings. The van der Waals surface area contributed by atoms with E-state index in [1.807, 2.05) is 23.6 Å². The van der Waals surface area contributed by atoms with Gasteiger partial charge in [0.05, 0.1) is 24.8 Å². The first-order valence-corrected chi connectivity index (χ1v) is 14.3. The average molecular weight is 551 g/mol. The van der Waals surface area contributed by atoms with Crippen molar-refractivity contribution >= 4 is 34.7 Å². The molecule has 0 aliphatic carbocycles. The summed E-state index contributed by atoms with van der Waals surface area (Å²) in [5.74, 6) is -0.720. The number of anilines is 1. The lowest BCUT2D eigenvalue weighted by atomic mass is 10.1. The van der Waals surface area contributed by atoms with Gasteiger partial charge in [0.15, 0.2) is 0 Å². The van der Waals surface area contributed by atoms with Crippen molar-refractivity contribution in [3.63, 3.8) is 0 Å². The summed E-state index contributed by atoms with van der Waals surface area (Å²) in [5.41, 5.74) is 3.46. The van der Waals surface area contributed by atoms with Crippen molar-refractivity contribution in [2.75, 3.05) is 18.4 Å². The number of hydrogen-bond donors (Lipinski definition) is 2. The van der Waals surface area contributed by atoms with E-state index in [1.165, 1.54) is 21.6 Å². The quantitative estimate of drug-likeness (QED) is 0.391. The highest BCUT2D eigenvalue weighted by molar-refractivity contribution is 7.10. The van der Waals surface area contributed by atoms with Gasteiger partial charge in [0.25, 0.3) is 5.91 Å². The molecule has 5 rings (SSSR count). The smallest absolute Gasteiger partial charge is 0.251 e. The highest BCUT2D eigenvalue weighted by atomic mass is 32.1. The fourth-order valence-electron chi connectivity index (χ4n) is 5.01. The number of likely N-dealkylation sites (tertiary alicyclic amines) is 1. The number of imide groups is 1. The minimum atomic E-state index is -0.546. The number of carbonyl (C=O) groups excluding carboxylic acids is 3. The van der Waals surface area contributed by atoms with Crippen LogP contribution < -0.4 is 10.6 Å². The molecule has 2 fully saturated rings. The van der Waals surface area contributed by atoms with E-state index in [0.717, 1.165) is 48.6 Å². The summed E-state index contributed by atoms with van der Waals surface area (Å²) in [7, 11) is 0. The number of rotatable bonds is 9. The summed E-state index contributed by atoms with van der Waals surface area (Å²) in [5, 5.41) is 15.5. The van der Waals surface area contributed by atoms with Gasteiger partial charge >= 0.3 is 0 Å². The predicted octanol–water partition coefficient (Wildman–Crippen LogP) is 3.55. The molecule has 4 heterocycles. The van der Waals surface area contributed by atoms with Crippen LogP contribution in [-0.4, -0.2) is 62.9 Å². The fourth-order valence-corrected chi connectivity index (χ4v) is 5.88. The lowest BCUT2D eigenvalue weighted by Gasteiger charge is -2.32. The highest BCUT2D eigenvalue weighted by Gasteiger charge is 2.29. The average Bonchev–Trinajstić information content (AvgIpc) is 3.56. The molecule has 3 amide bonds. The first-order valence-electron chi connectivity index (χ1n) is 13.4. The van der Waals surface area contributed by atoms with Gasteiger partial charge < -0.3 is 10.1 Å². The van der Waals surface area contributed by atoms with E-state index in [1.54, 1.807) is 6.20 Å². The zero-order valence-corrected chi connectivity index (χ0v) is 23.1. The number of thiophene rings is 1. The molecule has 2 aromatic heterocycles. The second-order valence-electron chi connectivity index (χ2n) is 10.4. The van der Waals surface area contributed by atoms with Gasteiger partial charge in [0, 0.05) is 47.6 Å². The van der Waals surface area contributed by atoms with Gasteiger partial charge in [-0.3, -0.25) is 24.6 Å². The van der Waals surface area contributed by atoms with Gasteiger partial charge in [0.2, 0.25) is 11.8 Å². The molecule has 0 spiro atoms. The molecule has 2 aliphatic heterocycles. The van der Waals surface area contributed by atoms with Crippen molar-refractivity contribution < 1.29 is 19.1 Å². The minimum absolute atomic E-state index is 0.0874. The SMILES string of the molecule is CC(C)OC1CCN(Cc2ccc(NC(=O)Cc3cc(-c4cn(C5CCC(=O)NC5=O)nn4)cs3)cc2)CC1. The molecule has 206 valence electrons. The van der Waals surface area contributed by atoms with E-state index < -0.39 is 6.04 Å². The molecule has 2 aliphatic rings. The third kappa shape index (κ3) is 7.17. The summed E-state index contributed by atoms with van der Waals surface area (Å²) in [6.07, 6.45) is 5.40. The minimum Gasteiger partial charge on any atom is -0.375 e. The van der Waals surface area contributed by atoms with Crippen molar-refractivity contribution in [1.29, 1.82) is 0 Å². The number of amides is 3. The Labute approximate surface area is 231 Å². The Bertz CT molecular complexity index is 1310. The molecule has 2 N–H and O–H groups in total. The van der Waals surface area contributed by atoms with Crippen molar-refractivity contribution in [2.24, 2.45) is 0 Å². The normalized spacial score (nSPS) is 18.9. The van der Waals surface area contributed by atoms with Gasteiger partial charge in [-0.2, -0.15) is 0 Å². The molecule has 0 saturated carbocycles. The first-order chi connectivity index (χ1) is 18.8. The second kappa shape index (κ2) is 12.2. The van der Waals surface area contributed by atoms with Crippen LogP contribution in [0, 0.1) is 0 Å². The number of ether oxygens (including phenoxy) is 1. The van der Waals surface area contributed by atoms with Gasteiger partial charge in [-0.05, 0) is 56.9 Å². The maximum atomic E-state index is 12.7. The van der Waals surface area contributed by atoms with Crippen LogP contribution in [0.1, 0.15) is 56.0 Å². The van der Waals surface area contributed by atoms with Crippen LogP contribution in [0.4, 0.5) is 5.69 Å². The lowest BCUT2D eigenvalue weighted by molar-refractivity contribution is -0.136. The van der Waals surface area contributed by atoms with E-state index >= 15 is 0 Å². The van der Waals surface area contributed by atoms with Crippen LogP contribution in [-0.2, 0) is 32.1 Å². The van der Waals surface area contributed by atoms with Crippen LogP contribution in [0.15, 0.2) is 41.9 Å². The molecular weight excluding hydrogens is 516 g/mol. The Morgan fingerprint density at radius 1 is 1.18 bits per heavy atom. The number of aromatic nitrogens is 3. The molecular formula is C28H34N6O4S. The number of carbonyl (C=O) groups is 3. The first kappa shape index (κ1) is 27.2. The molecule has 0 bridgehead atoms. The third-order valence-corrected chi connectivity index (χ3v) is 7.90. The Kier molecular flexibility index (Phi) is 8.49. The topological polar surface area (TPSA) is 118 Å². The van der Waals surface area contributed by atoms with Gasteiger partial charge in [0.1, 0.15) is 11.7 Å². The maximum absolute atomic E-state index is 12.7. The van der Waals surface area contributed by atoms with Crippen LogP contribution in [0.5, 0.6) is 0 Å². The largest absolute Gasteiger partial charge is 0.375 e. The number of piperidine rings is 2. The molecule has 1 aromatic carbocycles. The standard InChI is InChI=1S/C28H34N6O4S/c1-18(2)38-22-9-11-33(12-10-22)15-19-3-5-21(6-4-19)29-27(36)14-23-13-20(17-39-23)24-16-34(32-31-24)25-7-8-26(35)30-28(25)37/h3-6,13,16-18,22,25H,7-12,14-15H2,1-2H3,(H,29,36)(H,30,35,37). The predicted molar refractivity (Wildman–Crippen MR) is 148 cm³/mol. The number of nitrogens with one attached hydrogen (secondary N) is 2. The fraction of sp³-hybridized carbons (Fsp3) is 0.464. The van der Waals surface area contributed by atoms with E-state index in [0.29, 0.717) is 18.2 Å². The lowest BCUT2D eigenvalue weighted by Crippen LogP contribution is -2.41. The summed E-state index contributed by atoms with van der Waals surface area (Å²) in [6, 6.07) is 9.42. The van der Waals surface area contributed by atoms with Crippen LogP contribution >= 0.6 is 11.3 Å². The Morgan fingerprint density at radius 3 is 2.67 bits per heavy atom. The van der Waals surface area contributed by atoms with Gasteiger partial charge in [-0.25, -0.2) is 4.68 Å². The van der Waals surface area contributed by atoms with E-state index in [4.69, 9.17) is 4.74 Å². The number of hydrogen-bond acceptors (Lipinski definition) is 8. The summed E-state index contributed by atoms with van der Waals surface area (Å²) >= 11 is 1.48. The van der Waals surface area contributed by atoms with Gasteiger partial charge in [-0.15, -0.1) is 16.4 Å². The van der Waals surface area contributed by atoms with Crippen molar-refractivity contribution in [2.45, 2.75) is 70.7 Å². The van der Waals surface area contributed by atoms with E-state index in [-0.39, 0.29) is 36.7 Å². The van der Waals surface area contributed by atoms with Gasteiger partial charge in [-0.1, -0.05) is 17.3 Å². The molecule has 2 saturated heterocycles. The molecule has 39 heavy (non-hydrogen) atoms. The number of nitrogens with zero attached hydrogens (tertiary/aromatic N) is 4. The Morgan fingerprint density at radius 2 is 1.95 bits per heavy atom. The molecule has 0 radical (unpaired) electrons. The zero-order chi connectivity index (χ0) is 27.4. The third-order valence-electron chi connectivity index (χ3n) is 6.97. The van der Waals surface area contributed by atoms with E-state index in [2.05, 4.69) is 51.8 Å². The maximum Gasteiger partial charge on any atom is 0.251 e. The molecule has 1 atom stereocenters. The zero-order valence-electron chi connectivity index (χ0n) is 22.3. The Balaban J connectivity index is 1.10. The molecule has 10 nitrogen and oxygen atoms in total. The highest BCUT2D eigenvalue weighted by Crippen LogP contribution is 2.26. The van der Waals surface area contributed by atoms with Crippen LogP contribution in [0.2, 0.25) is 0 Å². The van der Waals surface area contributed by atoms with Crippen molar-refractivity contribution in [3.8, 4) is 11.3 Å². The summed E-state index contributed by atoms with van der Waals surface area (Å²) in [6.45, 7) is 7.14. The monoisotopic (exact) mass is 550 g/mol. The number of benzene rings is 1. The molecule has 1 unspecified atom stereocenters. The van der Waals surface area contributed by atoms with Crippen molar-refractivity contribution in [3.05, 3.63) is 52.3 Å². The van der Waals surface area contributed by atoms with Crippen molar-refractivity contribution in [1.82, 2.24) is 25.2 Å². The van der Waals surface area contributed by atoms with Crippen LogP contribution in [0.3, 0.4) is 0 Å².